The number of rotatable bonds is 8. The van der Waals surface area contributed by atoms with Crippen LogP contribution < -0.4 is 5.32 Å². The molecule has 0 atom stereocenters. The normalized spacial score (nSPS) is 11.0. The van der Waals surface area contributed by atoms with Crippen molar-refractivity contribution in [3.8, 4) is 0 Å². The number of hydrogen-bond acceptors (Lipinski definition) is 2. The second-order valence-electron chi connectivity index (χ2n) is 7.36. The summed E-state index contributed by atoms with van der Waals surface area (Å²) in [4.78, 5) is 11.9. The molecule has 4 nitrogen and oxygen atoms in total. The summed E-state index contributed by atoms with van der Waals surface area (Å²) >= 11 is 0. The molecule has 0 saturated carbocycles. The van der Waals surface area contributed by atoms with Gasteiger partial charge in [-0.1, -0.05) is 42.5 Å². The minimum atomic E-state index is -0.950. The lowest BCUT2D eigenvalue weighted by molar-refractivity contribution is 0.0694. The number of hydrogen-bond donors (Lipinski definition) is 2. The first-order valence-corrected chi connectivity index (χ1v) is 9.80. The molecule has 5 heteroatoms. The molecule has 0 spiro atoms. The Labute approximate surface area is 171 Å². The molecule has 0 saturated heterocycles. The van der Waals surface area contributed by atoms with E-state index in [1.54, 1.807) is 25.1 Å². The molecule has 2 N–H and O–H groups in total. The summed E-state index contributed by atoms with van der Waals surface area (Å²) in [6, 6.07) is 14.9. The topological polar surface area (TPSA) is 54.3 Å². The fourth-order valence-electron chi connectivity index (χ4n) is 3.81. The van der Waals surface area contributed by atoms with E-state index in [4.69, 9.17) is 0 Å². The summed E-state index contributed by atoms with van der Waals surface area (Å²) < 4.78 is 16.0. The highest BCUT2D eigenvalue weighted by Gasteiger charge is 2.22. The van der Waals surface area contributed by atoms with E-state index in [0.717, 1.165) is 24.2 Å². The molecule has 1 heterocycles. The van der Waals surface area contributed by atoms with Crippen LogP contribution in [0.5, 0.6) is 0 Å². The van der Waals surface area contributed by atoms with Gasteiger partial charge in [0.05, 0.1) is 12.1 Å². The summed E-state index contributed by atoms with van der Waals surface area (Å²) in [7, 11) is 0. The highest BCUT2D eigenvalue weighted by atomic mass is 19.1. The zero-order chi connectivity index (χ0) is 21.0. The predicted molar refractivity (Wildman–Crippen MR) is 113 cm³/mol. The average molecular weight is 394 g/mol. The summed E-state index contributed by atoms with van der Waals surface area (Å²) in [5.74, 6) is -1.23. The Kier molecular flexibility index (Phi) is 6.49. The number of nitrogens with zero attached hydrogens (tertiary/aromatic N) is 1. The molecule has 3 rings (SSSR count). The van der Waals surface area contributed by atoms with Gasteiger partial charge in [-0.15, -0.1) is 0 Å². The highest BCUT2D eigenvalue weighted by Crippen LogP contribution is 2.24. The van der Waals surface area contributed by atoms with Crippen LogP contribution in [0.1, 0.15) is 44.0 Å². The number of benzene rings is 2. The van der Waals surface area contributed by atoms with Crippen LogP contribution in [0.25, 0.3) is 0 Å². The fourth-order valence-corrected chi connectivity index (χ4v) is 3.81. The SMILES string of the molecule is Cc1ccccc1CCNCc1c(C(=O)O)c(C)n(Cc2ccccc2F)c1C. The van der Waals surface area contributed by atoms with E-state index in [2.05, 4.69) is 24.4 Å². The number of carboxylic acids is 1. The summed E-state index contributed by atoms with van der Waals surface area (Å²) in [5, 5.41) is 13.1. The van der Waals surface area contributed by atoms with Gasteiger partial charge in [0.15, 0.2) is 0 Å². The Morgan fingerprint density at radius 3 is 2.31 bits per heavy atom. The molecule has 0 amide bonds. The van der Waals surface area contributed by atoms with Crippen molar-refractivity contribution >= 4 is 5.97 Å². The van der Waals surface area contributed by atoms with Crippen LogP contribution in [0.15, 0.2) is 48.5 Å². The van der Waals surface area contributed by atoms with Gasteiger partial charge in [-0.2, -0.15) is 0 Å². The summed E-state index contributed by atoms with van der Waals surface area (Å²) in [6.07, 6.45) is 0.878. The van der Waals surface area contributed by atoms with Gasteiger partial charge in [0.25, 0.3) is 0 Å². The highest BCUT2D eigenvalue weighted by molar-refractivity contribution is 5.91. The Hall–Kier alpha value is -2.92. The van der Waals surface area contributed by atoms with Crippen molar-refractivity contribution in [3.05, 3.63) is 93.6 Å². The van der Waals surface area contributed by atoms with Crippen LogP contribution in [-0.2, 0) is 19.5 Å². The van der Waals surface area contributed by atoms with E-state index in [1.807, 2.05) is 23.6 Å². The molecule has 0 unspecified atom stereocenters. The number of nitrogens with one attached hydrogen (secondary N) is 1. The molecule has 3 aromatic rings. The first-order chi connectivity index (χ1) is 13.9. The molecular formula is C24H27FN2O2. The first-order valence-electron chi connectivity index (χ1n) is 9.80. The Bertz CT molecular complexity index is 1020. The lowest BCUT2D eigenvalue weighted by atomic mass is 10.1. The van der Waals surface area contributed by atoms with Crippen LogP contribution in [0, 0.1) is 26.6 Å². The molecule has 152 valence electrons. The molecule has 1 aromatic heterocycles. The summed E-state index contributed by atoms with van der Waals surface area (Å²) in [5.41, 5.74) is 5.65. The van der Waals surface area contributed by atoms with Crippen molar-refractivity contribution < 1.29 is 14.3 Å². The molecule has 0 bridgehead atoms. The third-order valence-corrected chi connectivity index (χ3v) is 5.54. The molecule has 2 aromatic carbocycles. The lowest BCUT2D eigenvalue weighted by Crippen LogP contribution is -2.19. The number of carboxylic acid groups (broad SMARTS) is 1. The minimum absolute atomic E-state index is 0.283. The van der Waals surface area contributed by atoms with Gasteiger partial charge in [0.2, 0.25) is 0 Å². The Morgan fingerprint density at radius 1 is 1.00 bits per heavy atom. The van der Waals surface area contributed by atoms with Gasteiger partial charge < -0.3 is 15.0 Å². The van der Waals surface area contributed by atoms with Gasteiger partial charge in [-0.25, -0.2) is 9.18 Å². The van der Waals surface area contributed by atoms with Crippen molar-refractivity contribution in [2.75, 3.05) is 6.54 Å². The van der Waals surface area contributed by atoms with Crippen molar-refractivity contribution in [3.63, 3.8) is 0 Å². The van der Waals surface area contributed by atoms with Gasteiger partial charge in [-0.05, 0) is 50.9 Å². The maximum absolute atomic E-state index is 14.1. The number of aryl methyl sites for hydroxylation is 1. The molecule has 0 radical (unpaired) electrons. The fraction of sp³-hybridized carbons (Fsp3) is 0.292. The monoisotopic (exact) mass is 394 g/mol. The van der Waals surface area contributed by atoms with Crippen molar-refractivity contribution in [1.82, 2.24) is 9.88 Å². The molecule has 29 heavy (non-hydrogen) atoms. The van der Waals surface area contributed by atoms with Gasteiger partial charge in [0, 0.05) is 29.1 Å². The summed E-state index contributed by atoms with van der Waals surface area (Å²) in [6.45, 7) is 7.31. The van der Waals surface area contributed by atoms with Crippen LogP contribution in [0.2, 0.25) is 0 Å². The van der Waals surface area contributed by atoms with E-state index in [1.165, 1.54) is 17.2 Å². The molecule has 0 aliphatic heterocycles. The van der Waals surface area contributed by atoms with Crippen molar-refractivity contribution in [2.45, 2.75) is 40.3 Å². The van der Waals surface area contributed by atoms with E-state index in [0.29, 0.717) is 29.9 Å². The first kappa shape index (κ1) is 20.8. The van der Waals surface area contributed by atoms with Crippen molar-refractivity contribution in [1.29, 1.82) is 0 Å². The number of carbonyl (C=O) groups is 1. The lowest BCUT2D eigenvalue weighted by Gasteiger charge is -2.11. The maximum atomic E-state index is 14.1. The minimum Gasteiger partial charge on any atom is -0.478 e. The Morgan fingerprint density at radius 2 is 1.66 bits per heavy atom. The average Bonchev–Trinajstić information content (AvgIpc) is 2.92. The predicted octanol–water partition coefficient (Wildman–Crippen LogP) is 4.63. The number of aromatic carboxylic acids is 1. The third kappa shape index (κ3) is 4.57. The zero-order valence-electron chi connectivity index (χ0n) is 17.1. The van der Waals surface area contributed by atoms with Crippen LogP contribution in [-0.4, -0.2) is 22.2 Å². The maximum Gasteiger partial charge on any atom is 0.337 e. The zero-order valence-corrected chi connectivity index (χ0v) is 17.1. The van der Waals surface area contributed by atoms with Crippen LogP contribution in [0.4, 0.5) is 4.39 Å². The molecule has 0 fully saturated rings. The molecular weight excluding hydrogens is 367 g/mol. The smallest absolute Gasteiger partial charge is 0.337 e. The molecule has 0 aliphatic carbocycles. The number of aromatic nitrogens is 1. The van der Waals surface area contributed by atoms with Gasteiger partial charge in [-0.3, -0.25) is 0 Å². The van der Waals surface area contributed by atoms with Crippen molar-refractivity contribution in [2.24, 2.45) is 0 Å². The van der Waals surface area contributed by atoms with Gasteiger partial charge in [0.1, 0.15) is 5.82 Å². The van der Waals surface area contributed by atoms with Crippen LogP contribution in [0.3, 0.4) is 0 Å². The Balaban J connectivity index is 1.78. The van der Waals surface area contributed by atoms with Gasteiger partial charge >= 0.3 is 5.97 Å². The second kappa shape index (κ2) is 9.05. The van der Waals surface area contributed by atoms with E-state index < -0.39 is 5.97 Å². The van der Waals surface area contributed by atoms with E-state index in [-0.39, 0.29) is 5.82 Å². The molecule has 0 aliphatic rings. The standard InChI is InChI=1S/C24H27FN2O2/c1-16-8-4-5-9-19(16)12-13-26-14-21-17(2)27(18(3)23(21)24(28)29)15-20-10-6-7-11-22(20)25/h4-11,26H,12-15H2,1-3H3,(H,28,29). The van der Waals surface area contributed by atoms with Crippen LogP contribution >= 0.6 is 0 Å². The second-order valence-corrected chi connectivity index (χ2v) is 7.36. The van der Waals surface area contributed by atoms with E-state index >= 15 is 0 Å². The largest absolute Gasteiger partial charge is 0.478 e. The number of halogens is 1. The quantitative estimate of drug-likeness (QED) is 0.548. The van der Waals surface area contributed by atoms with E-state index in [9.17, 15) is 14.3 Å². The third-order valence-electron chi connectivity index (χ3n) is 5.54.